The average Bonchev–Trinajstić information content (AvgIpc) is 3.25. The maximum Gasteiger partial charge on any atom is 0.480 e. The molecule has 236 valence electrons. The van der Waals surface area contributed by atoms with Gasteiger partial charge in [-0.05, 0) is 38.5 Å². The third-order valence-electron chi connectivity index (χ3n) is 5.78. The van der Waals surface area contributed by atoms with Crippen LogP contribution in [-0.2, 0) is 29.6 Å². The van der Waals surface area contributed by atoms with Crippen molar-refractivity contribution in [1.82, 2.24) is 5.32 Å². The lowest BCUT2D eigenvalue weighted by atomic mass is 10.2. The van der Waals surface area contributed by atoms with Crippen LogP contribution in [0.2, 0.25) is 0 Å². The number of hydrogen-bond donors (Lipinski definition) is 1. The molecule has 0 aromatic carbocycles. The molecule has 1 aliphatic rings. The van der Waals surface area contributed by atoms with Crippen LogP contribution in [0.25, 0.3) is 4.13 Å². The molecule has 1 heterocycles. The van der Waals surface area contributed by atoms with E-state index in [9.17, 15) is 52.8 Å². The lowest BCUT2D eigenvalue weighted by Gasteiger charge is -2.29. The molecule has 1 N–H and O–H groups in total. The van der Waals surface area contributed by atoms with Crippen molar-refractivity contribution in [3.63, 3.8) is 0 Å². The second-order valence-corrected chi connectivity index (χ2v) is 12.7. The SMILES string of the molecule is C[N+]1(CCCCCCOC(=O)NCCCCCCN=C=O)CCCC1.O=S(=O)([N-]S(=O)(=O)C(F)(F)F)C(F)(F)F. The highest BCUT2D eigenvalue weighted by Crippen LogP contribution is 2.36. The molecule has 1 aliphatic heterocycles. The first-order valence-electron chi connectivity index (χ1n) is 12.5. The first-order valence-corrected chi connectivity index (χ1v) is 15.4. The van der Waals surface area contributed by atoms with Gasteiger partial charge < -0.3 is 18.7 Å². The van der Waals surface area contributed by atoms with E-state index in [1.165, 1.54) is 55.9 Å². The van der Waals surface area contributed by atoms with Gasteiger partial charge in [0.2, 0.25) is 6.08 Å². The van der Waals surface area contributed by atoms with Gasteiger partial charge in [0.05, 0.1) is 39.8 Å². The fourth-order valence-corrected chi connectivity index (χ4v) is 5.32. The fraction of sp³-hybridized carbons (Fsp3) is 0.905. The number of aliphatic imine (C=N–C) groups is 1. The lowest BCUT2D eigenvalue weighted by molar-refractivity contribution is -0.897. The molecule has 0 spiro atoms. The predicted molar refractivity (Wildman–Crippen MR) is 133 cm³/mol. The van der Waals surface area contributed by atoms with Gasteiger partial charge in [-0.25, -0.2) is 31.4 Å². The molecule has 0 bridgehead atoms. The van der Waals surface area contributed by atoms with Gasteiger partial charge in [0, 0.05) is 19.4 Å². The largest absolute Gasteiger partial charge is 0.480 e. The molecule has 40 heavy (non-hydrogen) atoms. The molecule has 0 atom stereocenters. The zero-order valence-corrected chi connectivity index (χ0v) is 23.7. The zero-order chi connectivity index (χ0) is 30.9. The van der Waals surface area contributed by atoms with Gasteiger partial charge in [-0.15, -0.1) is 0 Å². The van der Waals surface area contributed by atoms with Crippen molar-refractivity contribution in [1.29, 1.82) is 0 Å². The van der Waals surface area contributed by atoms with Gasteiger partial charge in [-0.2, -0.15) is 26.3 Å². The lowest BCUT2D eigenvalue weighted by Crippen LogP contribution is -2.41. The number of isocyanates is 1. The van der Waals surface area contributed by atoms with Crippen LogP contribution in [0.1, 0.15) is 64.2 Å². The van der Waals surface area contributed by atoms with E-state index in [0.29, 0.717) is 19.7 Å². The number of ether oxygens (including phenoxy) is 1. The quantitative estimate of drug-likeness (QED) is 0.0865. The minimum atomic E-state index is -6.72. The monoisotopic (exact) mass is 634 g/mol. The molecule has 1 rings (SSSR count). The maximum atomic E-state index is 11.5. The van der Waals surface area contributed by atoms with Crippen molar-refractivity contribution in [3.8, 4) is 0 Å². The molecule has 0 unspecified atom stereocenters. The second-order valence-electron chi connectivity index (χ2n) is 9.28. The number of nitrogens with one attached hydrogen (secondary N) is 1. The van der Waals surface area contributed by atoms with Gasteiger partial charge >= 0.3 is 17.1 Å². The van der Waals surface area contributed by atoms with E-state index in [1.807, 2.05) is 0 Å². The Morgan fingerprint density at radius 1 is 0.875 bits per heavy atom. The van der Waals surface area contributed by atoms with Crippen LogP contribution in [0.4, 0.5) is 31.1 Å². The summed E-state index contributed by atoms with van der Waals surface area (Å²) in [6.07, 6.45) is 12.5. The molecule has 11 nitrogen and oxygen atoms in total. The Hall–Kier alpha value is -1.95. The van der Waals surface area contributed by atoms with E-state index in [2.05, 4.69) is 17.4 Å². The van der Waals surface area contributed by atoms with Crippen LogP contribution in [0.15, 0.2) is 4.99 Å². The highest BCUT2D eigenvalue weighted by atomic mass is 32.3. The highest BCUT2D eigenvalue weighted by Gasteiger charge is 2.46. The van der Waals surface area contributed by atoms with E-state index in [0.717, 1.165) is 42.7 Å². The van der Waals surface area contributed by atoms with Crippen molar-refractivity contribution in [3.05, 3.63) is 4.13 Å². The number of amides is 1. The van der Waals surface area contributed by atoms with E-state index in [1.54, 1.807) is 0 Å². The van der Waals surface area contributed by atoms with Crippen LogP contribution in [0.5, 0.6) is 0 Å². The number of carbonyl (C=O) groups is 1. The fourth-order valence-electron chi connectivity index (χ4n) is 3.61. The standard InChI is InChI=1S/C19H35N3O3.C2F6NO4S2/c1-22(15-9-10-16-22)14-8-4-5-11-17-25-19(24)21-13-7-3-2-6-12-20-18-23;3-1(4,5)14(10,11)9-15(12,13)2(6,7)8/h2-17H2,1H3;/q;-1/p+1. The zero-order valence-electron chi connectivity index (χ0n) is 22.1. The summed E-state index contributed by atoms with van der Waals surface area (Å²) in [6, 6.07) is 0. The number of carbonyl (C=O) groups excluding carboxylic acids is 2. The predicted octanol–water partition coefficient (Wildman–Crippen LogP) is 4.47. The second kappa shape index (κ2) is 17.8. The van der Waals surface area contributed by atoms with E-state index in [4.69, 9.17) is 4.74 Å². The van der Waals surface area contributed by atoms with Crippen LogP contribution >= 0.6 is 0 Å². The summed E-state index contributed by atoms with van der Waals surface area (Å²) >= 11 is 0. The molecule has 0 aliphatic carbocycles. The number of nitrogens with zero attached hydrogens (tertiary/aromatic N) is 3. The molecule has 19 heteroatoms. The van der Waals surface area contributed by atoms with E-state index in [-0.39, 0.29) is 6.09 Å². The normalized spacial score (nSPS) is 15.5. The Morgan fingerprint density at radius 3 is 1.90 bits per heavy atom. The van der Waals surface area contributed by atoms with Gasteiger partial charge in [0.25, 0.3) is 0 Å². The van der Waals surface area contributed by atoms with Crippen LogP contribution in [-0.4, -0.2) is 90.9 Å². The van der Waals surface area contributed by atoms with Crippen LogP contribution in [0, 0.1) is 0 Å². The molecular formula is C21H36F6N4O7S2. The van der Waals surface area contributed by atoms with Crippen LogP contribution < -0.4 is 5.32 Å². The Morgan fingerprint density at radius 2 is 1.38 bits per heavy atom. The Labute approximate surface area is 230 Å². The summed E-state index contributed by atoms with van der Waals surface area (Å²) in [5.41, 5.74) is -12.4. The van der Waals surface area contributed by atoms with Gasteiger partial charge in [0.1, 0.15) is 0 Å². The van der Waals surface area contributed by atoms with Gasteiger partial charge in [0.15, 0.2) is 20.0 Å². The molecule has 0 aromatic rings. The van der Waals surface area contributed by atoms with Crippen molar-refractivity contribution >= 4 is 32.2 Å². The Balaban J connectivity index is 0.000000868. The minimum absolute atomic E-state index is 0.305. The number of hydrogen-bond acceptors (Lipinski definition) is 8. The van der Waals surface area contributed by atoms with E-state index < -0.39 is 31.1 Å². The molecule has 0 radical (unpaired) electrons. The van der Waals surface area contributed by atoms with E-state index >= 15 is 0 Å². The molecular weight excluding hydrogens is 598 g/mol. The number of sulfonamides is 2. The summed E-state index contributed by atoms with van der Waals surface area (Å²) in [7, 11) is -11.1. The summed E-state index contributed by atoms with van der Waals surface area (Å²) in [5, 5.41) is 2.78. The average molecular weight is 635 g/mol. The third-order valence-corrected chi connectivity index (χ3v) is 8.52. The molecule has 1 saturated heterocycles. The summed E-state index contributed by atoms with van der Waals surface area (Å²) in [4.78, 5) is 24.9. The summed E-state index contributed by atoms with van der Waals surface area (Å²) in [5.74, 6) is 0. The molecule has 1 fully saturated rings. The van der Waals surface area contributed by atoms with Crippen molar-refractivity contribution in [2.24, 2.45) is 4.99 Å². The summed E-state index contributed by atoms with van der Waals surface area (Å²) in [6.45, 7) is 5.69. The number of alkyl halides is 6. The van der Waals surface area contributed by atoms with Gasteiger partial charge in [-0.1, -0.05) is 12.8 Å². The highest BCUT2D eigenvalue weighted by molar-refractivity contribution is 8.13. The number of alkyl carbamates (subject to hydrolysis) is 1. The van der Waals surface area contributed by atoms with Crippen molar-refractivity contribution in [2.45, 2.75) is 75.2 Å². The van der Waals surface area contributed by atoms with Crippen molar-refractivity contribution in [2.75, 3.05) is 46.4 Å². The Kier molecular flexibility index (Phi) is 16.9. The number of halogens is 6. The molecule has 0 aromatic heterocycles. The number of rotatable bonds is 16. The number of unbranched alkanes of at least 4 members (excludes halogenated alkanes) is 6. The minimum Gasteiger partial charge on any atom is -0.450 e. The molecule has 0 saturated carbocycles. The number of likely N-dealkylation sites (tertiary alicyclic amines) is 1. The van der Waals surface area contributed by atoms with Crippen LogP contribution in [0.3, 0.4) is 0 Å². The first kappa shape index (κ1) is 38.0. The first-order chi connectivity index (χ1) is 18.4. The maximum absolute atomic E-state index is 11.5. The van der Waals surface area contributed by atoms with Gasteiger partial charge in [-0.3, -0.25) is 0 Å². The third kappa shape index (κ3) is 16.3. The van der Waals surface area contributed by atoms with Crippen molar-refractivity contribution < 1.29 is 62.0 Å². The Bertz CT molecular complexity index is 968. The number of quaternary nitrogens is 1. The summed E-state index contributed by atoms with van der Waals surface area (Å²) < 4.78 is 116. The topological polar surface area (TPSA) is 150 Å². The smallest absolute Gasteiger partial charge is 0.450 e. The molecule has 1 amide bonds.